The summed E-state index contributed by atoms with van der Waals surface area (Å²) in [6.07, 6.45) is -2.27. The zero-order valence-electron chi connectivity index (χ0n) is 3.33. The van der Waals surface area contributed by atoms with Gasteiger partial charge < -0.3 is 15.9 Å². The van der Waals surface area contributed by atoms with Gasteiger partial charge in [0, 0.05) is 0 Å². The molecular weight excluding hydrogens is 82.0 g/mol. The van der Waals surface area contributed by atoms with Gasteiger partial charge in [-0.1, -0.05) is 0 Å². The Labute approximate surface area is 36.4 Å². The van der Waals surface area contributed by atoms with E-state index in [-0.39, 0.29) is 0 Å². The van der Waals surface area contributed by atoms with Crippen LogP contribution in [-0.4, -0.2) is 22.5 Å². The van der Waals surface area contributed by atoms with Crippen LogP contribution in [0.15, 0.2) is 0 Å². The van der Waals surface area contributed by atoms with Crippen LogP contribution in [0.4, 0.5) is 0 Å². The maximum atomic E-state index is 8.14. The van der Waals surface area contributed by atoms with Gasteiger partial charge in [0.05, 0.1) is 6.10 Å². The molecule has 1 radical (unpaired) electrons. The summed E-state index contributed by atoms with van der Waals surface area (Å²) in [5, 5.41) is 16.2. The highest BCUT2D eigenvalue weighted by Gasteiger charge is 2.00. The SMILES string of the molecule is [CH2]C(O)C(N)O. The highest BCUT2D eigenvalue weighted by Crippen LogP contribution is 1.77. The number of rotatable bonds is 1. The number of aliphatic hydroxyl groups is 2. The van der Waals surface area contributed by atoms with E-state index in [4.69, 9.17) is 10.2 Å². The maximum absolute atomic E-state index is 8.14. The second-order valence-corrected chi connectivity index (χ2v) is 1.06. The van der Waals surface area contributed by atoms with Crippen LogP contribution in [0, 0.1) is 6.92 Å². The molecule has 0 aromatic rings. The lowest BCUT2D eigenvalue weighted by Crippen LogP contribution is -2.31. The van der Waals surface area contributed by atoms with Gasteiger partial charge in [0.2, 0.25) is 0 Å². The van der Waals surface area contributed by atoms with Crippen molar-refractivity contribution in [2.75, 3.05) is 0 Å². The van der Waals surface area contributed by atoms with Crippen molar-refractivity contribution in [3.63, 3.8) is 0 Å². The molecule has 0 saturated carbocycles. The molecule has 2 unspecified atom stereocenters. The van der Waals surface area contributed by atoms with Crippen molar-refractivity contribution in [2.45, 2.75) is 12.3 Å². The molecule has 4 N–H and O–H groups in total. The van der Waals surface area contributed by atoms with Crippen molar-refractivity contribution in [3.05, 3.63) is 6.92 Å². The minimum atomic E-state index is -1.20. The quantitative estimate of drug-likeness (QED) is 0.342. The van der Waals surface area contributed by atoms with E-state index in [1.165, 1.54) is 0 Å². The molecule has 0 saturated heterocycles. The Kier molecular flexibility index (Phi) is 2.08. The van der Waals surface area contributed by atoms with E-state index >= 15 is 0 Å². The molecule has 0 aliphatic rings. The van der Waals surface area contributed by atoms with Gasteiger partial charge in [-0.3, -0.25) is 0 Å². The monoisotopic (exact) mass is 90.1 g/mol. The molecule has 0 heterocycles. The Morgan fingerprint density at radius 2 is 1.67 bits per heavy atom. The Morgan fingerprint density at radius 3 is 1.67 bits per heavy atom. The van der Waals surface area contributed by atoms with Gasteiger partial charge in [0.25, 0.3) is 0 Å². The third-order valence-electron chi connectivity index (χ3n) is 0.394. The van der Waals surface area contributed by atoms with Crippen LogP contribution < -0.4 is 5.73 Å². The fraction of sp³-hybridized carbons (Fsp3) is 0.667. The van der Waals surface area contributed by atoms with Crippen LogP contribution in [0.25, 0.3) is 0 Å². The van der Waals surface area contributed by atoms with Crippen LogP contribution in [0.1, 0.15) is 0 Å². The predicted molar refractivity (Wildman–Crippen MR) is 21.6 cm³/mol. The first-order valence-corrected chi connectivity index (χ1v) is 1.59. The number of nitrogens with two attached hydrogens (primary N) is 1. The fourth-order valence-electron chi connectivity index (χ4n) is 0. The molecule has 0 fully saturated rings. The molecule has 37 valence electrons. The molecule has 3 nitrogen and oxygen atoms in total. The fourth-order valence-corrected chi connectivity index (χ4v) is 0. The Bertz CT molecular complexity index is 29.8. The summed E-state index contributed by atoms with van der Waals surface area (Å²) in [6.45, 7) is 3.02. The first kappa shape index (κ1) is 5.88. The summed E-state index contributed by atoms with van der Waals surface area (Å²) in [4.78, 5) is 0. The van der Waals surface area contributed by atoms with Gasteiger partial charge in [-0.15, -0.1) is 0 Å². The van der Waals surface area contributed by atoms with E-state index in [9.17, 15) is 0 Å². The highest BCUT2D eigenvalue weighted by atomic mass is 16.3. The second kappa shape index (κ2) is 2.12. The zero-order valence-corrected chi connectivity index (χ0v) is 3.33. The normalized spacial score (nSPS) is 20.0. The van der Waals surface area contributed by atoms with Gasteiger partial charge in [-0.2, -0.15) is 0 Å². The Hall–Kier alpha value is -0.120. The second-order valence-electron chi connectivity index (χ2n) is 1.06. The lowest BCUT2D eigenvalue weighted by atomic mass is 10.4. The van der Waals surface area contributed by atoms with E-state index in [1.807, 2.05) is 0 Å². The largest absolute Gasteiger partial charge is 0.389 e. The molecule has 0 rings (SSSR count). The van der Waals surface area contributed by atoms with E-state index < -0.39 is 12.3 Å². The molecular formula is C3H8NO2. The standard InChI is InChI=1S/C3H8NO2/c1-2(5)3(4)6/h2-3,5-6H,1,4H2. The summed E-state index contributed by atoms with van der Waals surface area (Å²) in [5.41, 5.74) is 4.68. The summed E-state index contributed by atoms with van der Waals surface area (Å²) >= 11 is 0. The molecule has 0 bridgehead atoms. The van der Waals surface area contributed by atoms with Crippen molar-refractivity contribution >= 4 is 0 Å². The zero-order chi connectivity index (χ0) is 5.15. The molecule has 0 aromatic heterocycles. The van der Waals surface area contributed by atoms with Crippen LogP contribution in [0.5, 0.6) is 0 Å². The van der Waals surface area contributed by atoms with Crippen LogP contribution in [-0.2, 0) is 0 Å². The summed E-state index contributed by atoms with van der Waals surface area (Å²) in [7, 11) is 0. The van der Waals surface area contributed by atoms with Gasteiger partial charge in [-0.05, 0) is 6.92 Å². The smallest absolute Gasteiger partial charge is 0.128 e. The lowest BCUT2D eigenvalue weighted by molar-refractivity contribution is 0.0518. The van der Waals surface area contributed by atoms with Crippen molar-refractivity contribution in [1.29, 1.82) is 0 Å². The lowest BCUT2D eigenvalue weighted by Gasteiger charge is -2.03. The summed E-state index contributed by atoms with van der Waals surface area (Å²) in [5.74, 6) is 0. The molecule has 2 atom stereocenters. The van der Waals surface area contributed by atoms with Crippen LogP contribution in [0.3, 0.4) is 0 Å². The van der Waals surface area contributed by atoms with E-state index in [0.717, 1.165) is 0 Å². The molecule has 0 spiro atoms. The number of aliphatic hydroxyl groups excluding tert-OH is 2. The van der Waals surface area contributed by atoms with Gasteiger partial charge in [0.15, 0.2) is 0 Å². The highest BCUT2D eigenvalue weighted by molar-refractivity contribution is 4.60. The third kappa shape index (κ3) is 2.14. The topological polar surface area (TPSA) is 66.5 Å². The molecule has 0 aliphatic heterocycles. The molecule has 0 aliphatic carbocycles. The minimum Gasteiger partial charge on any atom is -0.389 e. The van der Waals surface area contributed by atoms with E-state index in [2.05, 4.69) is 12.7 Å². The van der Waals surface area contributed by atoms with Crippen molar-refractivity contribution in [1.82, 2.24) is 0 Å². The van der Waals surface area contributed by atoms with Crippen molar-refractivity contribution < 1.29 is 10.2 Å². The summed E-state index contributed by atoms with van der Waals surface area (Å²) < 4.78 is 0. The van der Waals surface area contributed by atoms with Crippen molar-refractivity contribution in [2.24, 2.45) is 5.73 Å². The van der Waals surface area contributed by atoms with Gasteiger partial charge >= 0.3 is 0 Å². The average Bonchev–Trinajstić information content (AvgIpc) is 1.36. The molecule has 0 amide bonds. The molecule has 0 aromatic carbocycles. The van der Waals surface area contributed by atoms with E-state index in [1.54, 1.807) is 0 Å². The molecule has 6 heavy (non-hydrogen) atoms. The van der Waals surface area contributed by atoms with Crippen LogP contribution >= 0.6 is 0 Å². The van der Waals surface area contributed by atoms with Crippen LogP contribution in [0.2, 0.25) is 0 Å². The maximum Gasteiger partial charge on any atom is 0.128 e. The third-order valence-corrected chi connectivity index (χ3v) is 0.394. The first-order valence-electron chi connectivity index (χ1n) is 1.59. The van der Waals surface area contributed by atoms with E-state index in [0.29, 0.717) is 0 Å². The minimum absolute atomic E-state index is 1.06. The van der Waals surface area contributed by atoms with Crippen molar-refractivity contribution in [3.8, 4) is 0 Å². The Morgan fingerprint density at radius 1 is 1.50 bits per heavy atom. The van der Waals surface area contributed by atoms with Gasteiger partial charge in [0.1, 0.15) is 6.23 Å². The average molecular weight is 90.1 g/mol. The first-order chi connectivity index (χ1) is 2.64. The predicted octanol–water partition coefficient (Wildman–Crippen LogP) is -1.54. The summed E-state index contributed by atoms with van der Waals surface area (Å²) in [6, 6.07) is 0. The van der Waals surface area contributed by atoms with Gasteiger partial charge in [-0.25, -0.2) is 0 Å². The number of hydrogen-bond donors (Lipinski definition) is 3. The molecule has 3 heteroatoms. The Balaban J connectivity index is 2.99. The number of hydrogen-bond acceptors (Lipinski definition) is 3.